The van der Waals surface area contributed by atoms with Crippen molar-refractivity contribution in [1.82, 2.24) is 0 Å². The molecular formula is C22H42O8. The van der Waals surface area contributed by atoms with Crippen LogP contribution in [0.25, 0.3) is 0 Å². The summed E-state index contributed by atoms with van der Waals surface area (Å²) in [5, 5.41) is 33.0. The first-order valence-electron chi connectivity index (χ1n) is 11.0. The van der Waals surface area contributed by atoms with E-state index in [1.165, 1.54) is 25.7 Å². The fraction of sp³-hybridized carbons (Fsp3) is 0.818. The maximum absolute atomic E-state index is 10.2. The number of hydrogen-bond donors (Lipinski definition) is 4. The molecule has 0 fully saturated rings. The third-order valence-electron chi connectivity index (χ3n) is 4.19. The Bertz CT molecular complexity index is 432. The van der Waals surface area contributed by atoms with Gasteiger partial charge in [0.05, 0.1) is 5.92 Å². The van der Waals surface area contributed by atoms with Crippen LogP contribution >= 0.6 is 0 Å². The van der Waals surface area contributed by atoms with Gasteiger partial charge in [0.15, 0.2) is 0 Å². The van der Waals surface area contributed by atoms with E-state index in [2.05, 4.69) is 13.8 Å². The molecule has 0 spiro atoms. The summed E-state index contributed by atoms with van der Waals surface area (Å²) in [6, 6.07) is 0. The molecule has 0 aliphatic heterocycles. The summed E-state index contributed by atoms with van der Waals surface area (Å²) in [6.07, 6.45) is 11.2. The van der Waals surface area contributed by atoms with Crippen LogP contribution < -0.4 is 0 Å². The van der Waals surface area contributed by atoms with E-state index in [1.807, 2.05) is 0 Å². The van der Waals surface area contributed by atoms with Crippen LogP contribution in [0.3, 0.4) is 0 Å². The quantitative estimate of drug-likeness (QED) is 0.235. The first kappa shape index (κ1) is 32.5. The predicted octanol–water partition coefficient (Wildman–Crippen LogP) is 5.43. The molecule has 0 aromatic rings. The monoisotopic (exact) mass is 434 g/mol. The van der Waals surface area contributed by atoms with E-state index in [0.29, 0.717) is 19.3 Å². The van der Waals surface area contributed by atoms with Crippen molar-refractivity contribution in [1.29, 1.82) is 0 Å². The number of carboxylic acids is 4. The molecule has 0 rings (SSSR count). The van der Waals surface area contributed by atoms with Crippen LogP contribution in [0.2, 0.25) is 0 Å². The Morgan fingerprint density at radius 1 is 0.567 bits per heavy atom. The summed E-state index contributed by atoms with van der Waals surface area (Å²) in [7, 11) is 0. The van der Waals surface area contributed by atoms with Crippen LogP contribution in [0.1, 0.15) is 111 Å². The lowest BCUT2D eigenvalue weighted by Gasteiger charge is -2.02. The van der Waals surface area contributed by atoms with Crippen molar-refractivity contribution in [2.75, 3.05) is 0 Å². The molecule has 0 aliphatic rings. The maximum Gasteiger partial charge on any atom is 0.306 e. The van der Waals surface area contributed by atoms with E-state index >= 15 is 0 Å². The van der Waals surface area contributed by atoms with Gasteiger partial charge in [-0.15, -0.1) is 0 Å². The summed E-state index contributed by atoms with van der Waals surface area (Å²) in [6.45, 7) is 5.99. The van der Waals surface area contributed by atoms with Crippen molar-refractivity contribution in [3.8, 4) is 0 Å². The van der Waals surface area contributed by atoms with Gasteiger partial charge in [0.1, 0.15) is 0 Å². The highest BCUT2D eigenvalue weighted by Crippen LogP contribution is 2.07. The fourth-order valence-electron chi connectivity index (χ4n) is 2.24. The highest BCUT2D eigenvalue weighted by atomic mass is 16.4. The Labute approximate surface area is 180 Å². The molecule has 0 aliphatic carbocycles. The van der Waals surface area contributed by atoms with Crippen LogP contribution in [0, 0.1) is 5.92 Å². The molecule has 4 N–H and O–H groups in total. The van der Waals surface area contributed by atoms with Crippen LogP contribution in [0.4, 0.5) is 0 Å². The third kappa shape index (κ3) is 36.7. The van der Waals surface area contributed by atoms with Gasteiger partial charge in [0.2, 0.25) is 0 Å². The fourth-order valence-corrected chi connectivity index (χ4v) is 2.24. The van der Waals surface area contributed by atoms with Crippen molar-refractivity contribution < 1.29 is 39.6 Å². The summed E-state index contributed by atoms with van der Waals surface area (Å²) >= 11 is 0. The molecule has 0 bridgehead atoms. The van der Waals surface area contributed by atoms with Crippen molar-refractivity contribution in [2.24, 2.45) is 5.92 Å². The lowest BCUT2D eigenvalue weighted by atomic mass is 10.1. The average molecular weight is 435 g/mol. The molecular weight excluding hydrogens is 392 g/mol. The van der Waals surface area contributed by atoms with E-state index in [4.69, 9.17) is 20.4 Å². The van der Waals surface area contributed by atoms with Gasteiger partial charge in [-0.05, 0) is 25.7 Å². The molecule has 8 nitrogen and oxygen atoms in total. The Morgan fingerprint density at radius 3 is 1.23 bits per heavy atom. The second kappa shape index (κ2) is 24.9. The van der Waals surface area contributed by atoms with Crippen molar-refractivity contribution in [3.05, 3.63) is 0 Å². The zero-order valence-electron chi connectivity index (χ0n) is 18.9. The first-order valence-corrected chi connectivity index (χ1v) is 11.0. The zero-order valence-corrected chi connectivity index (χ0v) is 18.9. The molecule has 0 saturated carbocycles. The van der Waals surface area contributed by atoms with Gasteiger partial charge in [-0.3, -0.25) is 19.2 Å². The highest BCUT2D eigenvalue weighted by Gasteiger charge is 2.08. The first-order chi connectivity index (χ1) is 14.1. The van der Waals surface area contributed by atoms with E-state index in [-0.39, 0.29) is 18.8 Å². The summed E-state index contributed by atoms with van der Waals surface area (Å²) < 4.78 is 0. The summed E-state index contributed by atoms with van der Waals surface area (Å²) in [5.74, 6) is -3.25. The Morgan fingerprint density at radius 2 is 0.900 bits per heavy atom. The number of rotatable bonds is 16. The lowest BCUT2D eigenvalue weighted by molar-refractivity contribution is -0.141. The number of unbranched alkanes of at least 4 members (excludes halogenated alkanes) is 7. The van der Waals surface area contributed by atoms with Gasteiger partial charge in [0, 0.05) is 19.3 Å². The lowest BCUT2D eigenvalue weighted by Crippen LogP contribution is -2.08. The number of carbonyl (C=O) groups is 4. The predicted molar refractivity (Wildman–Crippen MR) is 116 cm³/mol. The Kier molecular flexibility index (Phi) is 27.0. The largest absolute Gasteiger partial charge is 0.481 e. The van der Waals surface area contributed by atoms with Crippen molar-refractivity contribution >= 4 is 23.9 Å². The van der Waals surface area contributed by atoms with Crippen molar-refractivity contribution in [3.63, 3.8) is 0 Å². The number of aliphatic carboxylic acids is 4. The molecule has 178 valence electrons. The molecule has 0 radical (unpaired) electrons. The molecule has 0 saturated heterocycles. The summed E-state index contributed by atoms with van der Waals surface area (Å²) in [5.41, 5.74) is 0. The molecule has 0 amide bonds. The van der Waals surface area contributed by atoms with Gasteiger partial charge in [-0.1, -0.05) is 65.7 Å². The SMILES string of the molecule is CCCCC(C)C(=O)O.CCCCCCCCC(=O)O.O=C(O)CCCCC(=O)O. The molecule has 30 heavy (non-hydrogen) atoms. The Balaban J connectivity index is -0.000000366. The normalized spacial score (nSPS) is 10.6. The topological polar surface area (TPSA) is 149 Å². The second-order valence-corrected chi connectivity index (χ2v) is 7.29. The number of hydrogen-bond acceptors (Lipinski definition) is 4. The van der Waals surface area contributed by atoms with Gasteiger partial charge >= 0.3 is 23.9 Å². The van der Waals surface area contributed by atoms with Crippen molar-refractivity contribution in [2.45, 2.75) is 111 Å². The molecule has 1 unspecified atom stereocenters. The minimum absolute atomic E-state index is 0.0628. The van der Waals surface area contributed by atoms with Crippen LogP contribution in [-0.2, 0) is 19.2 Å². The Hall–Kier alpha value is -2.12. The van der Waals surface area contributed by atoms with Crippen LogP contribution in [0.5, 0.6) is 0 Å². The van der Waals surface area contributed by atoms with Gasteiger partial charge in [-0.2, -0.15) is 0 Å². The second-order valence-electron chi connectivity index (χ2n) is 7.29. The third-order valence-corrected chi connectivity index (χ3v) is 4.19. The highest BCUT2D eigenvalue weighted by molar-refractivity contribution is 5.69. The summed E-state index contributed by atoms with van der Waals surface area (Å²) in [4.78, 5) is 40.1. The molecule has 0 aromatic heterocycles. The maximum atomic E-state index is 10.2. The minimum Gasteiger partial charge on any atom is -0.481 e. The molecule has 0 heterocycles. The van der Waals surface area contributed by atoms with Gasteiger partial charge < -0.3 is 20.4 Å². The zero-order chi connectivity index (χ0) is 23.8. The molecule has 8 heteroatoms. The molecule has 1 atom stereocenters. The van der Waals surface area contributed by atoms with E-state index in [1.54, 1.807) is 6.92 Å². The smallest absolute Gasteiger partial charge is 0.306 e. The van der Waals surface area contributed by atoms with Gasteiger partial charge in [-0.25, -0.2) is 0 Å². The van der Waals surface area contributed by atoms with E-state index < -0.39 is 23.9 Å². The number of carboxylic acid groups (broad SMARTS) is 4. The standard InChI is InChI=1S/C9H18O2.C7H14O2.C6H10O4/c1-2-3-4-5-6-7-8-9(10)11;1-3-4-5-6(2)7(8)9;7-5(8)3-1-2-4-6(9)10/h2-8H2,1H3,(H,10,11);6H,3-5H2,1-2H3,(H,8,9);1-4H2,(H,7,8)(H,9,10). The van der Waals surface area contributed by atoms with Crippen LogP contribution in [-0.4, -0.2) is 44.3 Å². The average Bonchev–Trinajstić information content (AvgIpc) is 2.66. The van der Waals surface area contributed by atoms with Gasteiger partial charge in [0.25, 0.3) is 0 Å². The minimum atomic E-state index is -0.870. The van der Waals surface area contributed by atoms with Crippen LogP contribution in [0.15, 0.2) is 0 Å². The molecule has 0 aromatic carbocycles. The van der Waals surface area contributed by atoms with E-state index in [9.17, 15) is 19.2 Å². The van der Waals surface area contributed by atoms with E-state index in [0.717, 1.165) is 32.1 Å².